The zero-order valence-corrected chi connectivity index (χ0v) is 12.7. The summed E-state index contributed by atoms with van der Waals surface area (Å²) in [6, 6.07) is 9.72. The molecule has 3 rings (SSSR count). The number of carbonyl (C=O) groups excluding carboxylic acids is 2. The Morgan fingerprint density at radius 3 is 2.82 bits per heavy atom. The molecular formula is C17H21NO4. The lowest BCUT2D eigenvalue weighted by atomic mass is 9.77. The molecular weight excluding hydrogens is 282 g/mol. The van der Waals surface area contributed by atoms with Crippen molar-refractivity contribution in [3.63, 3.8) is 0 Å². The smallest absolute Gasteiger partial charge is 0.410 e. The maximum atomic E-state index is 12.4. The highest BCUT2D eigenvalue weighted by Crippen LogP contribution is 2.34. The maximum absolute atomic E-state index is 12.4. The molecule has 5 nitrogen and oxygen atoms in total. The van der Waals surface area contributed by atoms with E-state index in [1.165, 1.54) is 0 Å². The minimum Gasteiger partial charge on any atom is -0.445 e. The quantitative estimate of drug-likeness (QED) is 0.860. The van der Waals surface area contributed by atoms with E-state index in [-0.39, 0.29) is 36.5 Å². The summed E-state index contributed by atoms with van der Waals surface area (Å²) < 4.78 is 10.8. The highest BCUT2D eigenvalue weighted by molar-refractivity contribution is 5.83. The van der Waals surface area contributed by atoms with Crippen molar-refractivity contribution in [1.82, 2.24) is 4.90 Å². The van der Waals surface area contributed by atoms with Gasteiger partial charge in [-0.15, -0.1) is 0 Å². The minimum atomic E-state index is -0.316. The van der Waals surface area contributed by atoms with Gasteiger partial charge >= 0.3 is 6.09 Å². The van der Waals surface area contributed by atoms with Crippen LogP contribution in [0.4, 0.5) is 4.79 Å². The van der Waals surface area contributed by atoms with Crippen molar-refractivity contribution in [3.05, 3.63) is 35.9 Å². The standard InChI is InChI=1S/C17H21NO4/c1-21-16-10-18(13-7-8-15(19)14(16)9-13)17(20)22-11-12-5-3-2-4-6-12/h2-6,13-14,16H,7-11H2,1H3/t13-,14-,16-/m0/s1. The van der Waals surface area contributed by atoms with Crippen molar-refractivity contribution in [2.45, 2.75) is 38.0 Å². The number of methoxy groups -OCH3 is 1. The Morgan fingerprint density at radius 1 is 1.32 bits per heavy atom. The predicted molar refractivity (Wildman–Crippen MR) is 80.3 cm³/mol. The first-order valence-electron chi connectivity index (χ1n) is 7.72. The topological polar surface area (TPSA) is 55.8 Å². The van der Waals surface area contributed by atoms with Gasteiger partial charge in [0.2, 0.25) is 0 Å². The average molecular weight is 303 g/mol. The minimum absolute atomic E-state index is 0.0677. The second kappa shape index (κ2) is 6.48. The van der Waals surface area contributed by atoms with E-state index < -0.39 is 0 Å². The molecule has 1 saturated heterocycles. The molecule has 2 aliphatic rings. The van der Waals surface area contributed by atoms with Gasteiger partial charge in [-0.25, -0.2) is 4.79 Å². The Balaban J connectivity index is 1.63. The molecule has 1 saturated carbocycles. The molecule has 0 unspecified atom stereocenters. The largest absolute Gasteiger partial charge is 0.445 e. The SMILES string of the molecule is CO[C@H]1CN(C(=O)OCc2ccccc2)[C@H]2CCC(=O)[C@@H]1C2. The lowest BCUT2D eigenvalue weighted by molar-refractivity contribution is -0.137. The van der Waals surface area contributed by atoms with Crippen molar-refractivity contribution in [2.75, 3.05) is 13.7 Å². The van der Waals surface area contributed by atoms with Gasteiger partial charge in [0.25, 0.3) is 0 Å². The van der Waals surface area contributed by atoms with Crippen LogP contribution in [0.15, 0.2) is 30.3 Å². The van der Waals surface area contributed by atoms with E-state index in [1.807, 2.05) is 30.3 Å². The van der Waals surface area contributed by atoms with Crippen LogP contribution in [-0.4, -0.2) is 42.6 Å². The molecule has 0 aromatic heterocycles. The van der Waals surface area contributed by atoms with Gasteiger partial charge in [0.15, 0.2) is 0 Å². The fraction of sp³-hybridized carbons (Fsp3) is 0.529. The molecule has 0 N–H and O–H groups in total. The van der Waals surface area contributed by atoms with Gasteiger partial charge in [-0.1, -0.05) is 30.3 Å². The Kier molecular flexibility index (Phi) is 4.43. The van der Waals surface area contributed by atoms with Crippen LogP contribution in [0.2, 0.25) is 0 Å². The summed E-state index contributed by atoms with van der Waals surface area (Å²) in [7, 11) is 1.60. The van der Waals surface area contributed by atoms with E-state index >= 15 is 0 Å². The number of rotatable bonds is 3. The summed E-state index contributed by atoms with van der Waals surface area (Å²) in [5.41, 5.74) is 0.966. The highest BCUT2D eigenvalue weighted by Gasteiger charge is 2.44. The number of likely N-dealkylation sites (tertiary alicyclic amines) is 1. The molecule has 3 atom stereocenters. The van der Waals surface area contributed by atoms with Crippen LogP contribution in [0.25, 0.3) is 0 Å². The summed E-state index contributed by atoms with van der Waals surface area (Å²) in [6.45, 7) is 0.702. The van der Waals surface area contributed by atoms with Crippen LogP contribution in [0, 0.1) is 5.92 Å². The summed E-state index contributed by atoms with van der Waals surface area (Å²) in [5.74, 6) is 0.197. The highest BCUT2D eigenvalue weighted by atomic mass is 16.6. The molecule has 1 aromatic carbocycles. The fourth-order valence-corrected chi connectivity index (χ4v) is 3.41. The number of nitrogens with zero attached hydrogens (tertiary/aromatic N) is 1. The van der Waals surface area contributed by atoms with Gasteiger partial charge < -0.3 is 14.4 Å². The van der Waals surface area contributed by atoms with Crippen LogP contribution in [0.1, 0.15) is 24.8 Å². The van der Waals surface area contributed by atoms with Crippen molar-refractivity contribution in [3.8, 4) is 0 Å². The van der Waals surface area contributed by atoms with Gasteiger partial charge in [-0.2, -0.15) is 0 Å². The van der Waals surface area contributed by atoms with E-state index in [4.69, 9.17) is 9.47 Å². The molecule has 2 bridgehead atoms. The maximum Gasteiger partial charge on any atom is 0.410 e. The van der Waals surface area contributed by atoms with E-state index in [0.29, 0.717) is 19.4 Å². The normalized spacial score (nSPS) is 27.6. The third-order valence-electron chi connectivity index (χ3n) is 4.67. The van der Waals surface area contributed by atoms with Crippen molar-refractivity contribution in [2.24, 2.45) is 5.92 Å². The second-order valence-corrected chi connectivity index (χ2v) is 5.97. The second-order valence-electron chi connectivity index (χ2n) is 5.97. The van der Waals surface area contributed by atoms with Gasteiger partial charge in [0.1, 0.15) is 12.4 Å². The third-order valence-corrected chi connectivity index (χ3v) is 4.67. The van der Waals surface area contributed by atoms with E-state index in [0.717, 1.165) is 12.0 Å². The van der Waals surface area contributed by atoms with Crippen molar-refractivity contribution in [1.29, 1.82) is 0 Å². The first-order chi connectivity index (χ1) is 10.7. The van der Waals surface area contributed by atoms with Crippen LogP contribution in [-0.2, 0) is 20.9 Å². The molecule has 5 heteroatoms. The first-order valence-corrected chi connectivity index (χ1v) is 7.72. The van der Waals surface area contributed by atoms with Gasteiger partial charge in [0, 0.05) is 25.5 Å². The molecule has 0 spiro atoms. The number of amides is 1. The van der Waals surface area contributed by atoms with Crippen LogP contribution in [0.3, 0.4) is 0 Å². The van der Waals surface area contributed by atoms with E-state index in [9.17, 15) is 9.59 Å². The molecule has 0 radical (unpaired) electrons. The number of ketones is 1. The molecule has 1 aliphatic heterocycles. The number of hydrogen-bond acceptors (Lipinski definition) is 4. The number of piperidine rings is 1. The summed E-state index contributed by atoms with van der Waals surface area (Å²) in [5, 5.41) is 0. The zero-order chi connectivity index (χ0) is 15.5. The molecule has 1 aliphatic carbocycles. The Morgan fingerprint density at radius 2 is 2.09 bits per heavy atom. The molecule has 1 heterocycles. The lowest BCUT2D eigenvalue weighted by Crippen LogP contribution is -2.57. The number of carbonyl (C=O) groups is 2. The van der Waals surface area contributed by atoms with Crippen LogP contribution in [0.5, 0.6) is 0 Å². The average Bonchev–Trinajstić information content (AvgIpc) is 2.57. The zero-order valence-electron chi connectivity index (χ0n) is 12.7. The van der Waals surface area contributed by atoms with Crippen LogP contribution >= 0.6 is 0 Å². The number of Topliss-reactive ketones (excluding diaryl/α,β-unsaturated/α-hetero) is 1. The number of hydrogen-bond donors (Lipinski definition) is 0. The van der Waals surface area contributed by atoms with Gasteiger partial charge in [0.05, 0.1) is 12.6 Å². The Bertz CT molecular complexity index is 545. The summed E-state index contributed by atoms with van der Waals surface area (Å²) >= 11 is 0. The monoisotopic (exact) mass is 303 g/mol. The van der Waals surface area contributed by atoms with Gasteiger partial charge in [-0.05, 0) is 18.4 Å². The molecule has 2 fully saturated rings. The molecule has 22 heavy (non-hydrogen) atoms. The van der Waals surface area contributed by atoms with Crippen LogP contribution < -0.4 is 0 Å². The number of benzene rings is 1. The van der Waals surface area contributed by atoms with Crippen molar-refractivity contribution >= 4 is 11.9 Å². The molecule has 1 amide bonds. The lowest BCUT2D eigenvalue weighted by Gasteiger charge is -2.45. The van der Waals surface area contributed by atoms with E-state index in [1.54, 1.807) is 12.0 Å². The Labute approximate surface area is 130 Å². The fourth-order valence-electron chi connectivity index (χ4n) is 3.41. The molecule has 1 aromatic rings. The molecule has 118 valence electrons. The Hall–Kier alpha value is -1.88. The van der Waals surface area contributed by atoms with E-state index in [2.05, 4.69) is 0 Å². The van der Waals surface area contributed by atoms with Crippen molar-refractivity contribution < 1.29 is 19.1 Å². The summed E-state index contributed by atoms with van der Waals surface area (Å²) in [4.78, 5) is 26.1. The first kappa shape index (κ1) is 15.0. The predicted octanol–water partition coefficient (Wildman–Crippen LogP) is 2.39. The number of fused-ring (bicyclic) bond motifs is 2. The summed E-state index contributed by atoms with van der Waals surface area (Å²) in [6.07, 6.45) is 1.42. The third kappa shape index (κ3) is 2.99. The van der Waals surface area contributed by atoms with Gasteiger partial charge in [-0.3, -0.25) is 4.79 Å². The number of ether oxygens (including phenoxy) is 2.